The van der Waals surface area contributed by atoms with E-state index in [0.717, 1.165) is 6.07 Å². The summed E-state index contributed by atoms with van der Waals surface area (Å²) in [7, 11) is 0. The lowest BCUT2D eigenvalue weighted by atomic mass is 10.0. The second-order valence-electron chi connectivity index (χ2n) is 6.80. The molecule has 0 fully saturated rings. The van der Waals surface area contributed by atoms with Gasteiger partial charge < -0.3 is 10.6 Å². The predicted octanol–water partition coefficient (Wildman–Crippen LogP) is 3.79. The quantitative estimate of drug-likeness (QED) is 0.740. The smallest absolute Gasteiger partial charge is 0.342 e. The minimum absolute atomic E-state index is 0.105. The first-order valence-electron chi connectivity index (χ1n) is 8.40. The highest BCUT2D eigenvalue weighted by molar-refractivity contribution is 6.00. The van der Waals surface area contributed by atoms with Crippen LogP contribution in [-0.4, -0.2) is 17.4 Å². The molecule has 0 aromatic heterocycles. The van der Waals surface area contributed by atoms with Crippen LogP contribution in [0.4, 0.5) is 23.2 Å². The van der Waals surface area contributed by atoms with Crippen molar-refractivity contribution >= 4 is 17.5 Å². The Morgan fingerprint density at radius 1 is 1.07 bits per heavy atom. The minimum atomic E-state index is -4.76. The summed E-state index contributed by atoms with van der Waals surface area (Å²) in [5.41, 5.74) is -2.81. The molecular formula is C20H17F4N3O2. The molecule has 2 N–H and O–H groups in total. The van der Waals surface area contributed by atoms with E-state index in [9.17, 15) is 27.2 Å². The zero-order chi connectivity index (χ0) is 21.8. The third kappa shape index (κ3) is 5.78. The summed E-state index contributed by atoms with van der Waals surface area (Å²) >= 11 is 0. The molecule has 5 nitrogen and oxygen atoms in total. The SMILES string of the molecule is CC(C)(NC(=O)Cc1ccc(F)cc1)C(=O)Nc1ccc(C#N)c(C(F)(F)F)c1. The number of nitriles is 1. The van der Waals surface area contributed by atoms with Crippen molar-refractivity contribution in [2.24, 2.45) is 0 Å². The summed E-state index contributed by atoms with van der Waals surface area (Å²) in [6.07, 6.45) is -4.86. The maximum absolute atomic E-state index is 13.0. The third-order valence-electron chi connectivity index (χ3n) is 4.00. The topological polar surface area (TPSA) is 82.0 Å². The first-order chi connectivity index (χ1) is 13.4. The summed E-state index contributed by atoms with van der Waals surface area (Å²) < 4.78 is 52.1. The van der Waals surface area contributed by atoms with Crippen LogP contribution in [0.25, 0.3) is 0 Å². The van der Waals surface area contributed by atoms with Crippen molar-refractivity contribution in [2.45, 2.75) is 32.0 Å². The van der Waals surface area contributed by atoms with Crippen LogP contribution in [0, 0.1) is 17.1 Å². The Morgan fingerprint density at radius 2 is 1.69 bits per heavy atom. The maximum atomic E-state index is 13.0. The van der Waals surface area contributed by atoms with E-state index in [4.69, 9.17) is 5.26 Å². The molecule has 2 aromatic rings. The Balaban J connectivity index is 2.09. The zero-order valence-corrected chi connectivity index (χ0v) is 15.5. The second-order valence-corrected chi connectivity index (χ2v) is 6.80. The van der Waals surface area contributed by atoms with Gasteiger partial charge in [-0.2, -0.15) is 18.4 Å². The highest BCUT2D eigenvalue weighted by Crippen LogP contribution is 2.33. The van der Waals surface area contributed by atoms with Gasteiger partial charge in [-0.3, -0.25) is 9.59 Å². The number of benzene rings is 2. The summed E-state index contributed by atoms with van der Waals surface area (Å²) in [6.45, 7) is 2.78. The molecule has 0 radical (unpaired) electrons. The standard InChI is InChI=1S/C20H17F4N3O2/c1-19(2,27-17(28)9-12-3-6-14(21)7-4-12)18(29)26-15-8-5-13(11-25)16(10-15)20(22,23)24/h3-8,10H,9H2,1-2H3,(H,26,29)(H,27,28). The van der Waals surface area contributed by atoms with E-state index in [-0.39, 0.29) is 12.1 Å². The van der Waals surface area contributed by atoms with E-state index >= 15 is 0 Å². The number of nitrogens with one attached hydrogen (secondary N) is 2. The second kappa shape index (κ2) is 8.31. The van der Waals surface area contributed by atoms with Gasteiger partial charge >= 0.3 is 6.18 Å². The van der Waals surface area contributed by atoms with Crippen molar-refractivity contribution in [3.63, 3.8) is 0 Å². The molecule has 152 valence electrons. The summed E-state index contributed by atoms with van der Waals surface area (Å²) in [5, 5.41) is 13.6. The molecule has 2 aromatic carbocycles. The van der Waals surface area contributed by atoms with Gasteiger partial charge in [0.15, 0.2) is 0 Å². The van der Waals surface area contributed by atoms with E-state index in [1.165, 1.54) is 50.2 Å². The number of alkyl halides is 3. The van der Waals surface area contributed by atoms with Gasteiger partial charge in [-0.25, -0.2) is 4.39 Å². The minimum Gasteiger partial charge on any atom is -0.342 e. The fraction of sp³-hybridized carbons (Fsp3) is 0.250. The van der Waals surface area contributed by atoms with Gasteiger partial charge in [-0.15, -0.1) is 0 Å². The number of rotatable bonds is 5. The number of nitrogens with zero attached hydrogens (tertiary/aromatic N) is 1. The highest BCUT2D eigenvalue weighted by atomic mass is 19.4. The number of carbonyl (C=O) groups excluding carboxylic acids is 2. The van der Waals surface area contributed by atoms with E-state index in [2.05, 4.69) is 10.6 Å². The molecule has 0 heterocycles. The Morgan fingerprint density at radius 3 is 2.24 bits per heavy atom. The molecule has 0 atom stereocenters. The number of hydrogen-bond acceptors (Lipinski definition) is 3. The van der Waals surface area contributed by atoms with E-state index in [0.29, 0.717) is 11.6 Å². The van der Waals surface area contributed by atoms with Gasteiger partial charge in [0.25, 0.3) is 0 Å². The van der Waals surface area contributed by atoms with Crippen LogP contribution in [0.3, 0.4) is 0 Å². The monoisotopic (exact) mass is 407 g/mol. The van der Waals surface area contributed by atoms with Crippen molar-refractivity contribution in [1.29, 1.82) is 5.26 Å². The van der Waals surface area contributed by atoms with Gasteiger partial charge in [0.1, 0.15) is 11.4 Å². The van der Waals surface area contributed by atoms with Crippen molar-refractivity contribution in [3.8, 4) is 6.07 Å². The van der Waals surface area contributed by atoms with Crippen LogP contribution in [-0.2, 0) is 22.2 Å². The fourth-order valence-electron chi connectivity index (χ4n) is 2.48. The van der Waals surface area contributed by atoms with Crippen LogP contribution in [0.1, 0.15) is 30.5 Å². The molecular weight excluding hydrogens is 390 g/mol. The summed E-state index contributed by atoms with van der Waals surface area (Å²) in [4.78, 5) is 24.6. The fourth-order valence-corrected chi connectivity index (χ4v) is 2.48. The number of carbonyl (C=O) groups is 2. The number of anilines is 1. The first-order valence-corrected chi connectivity index (χ1v) is 8.40. The van der Waals surface area contributed by atoms with Crippen molar-refractivity contribution in [1.82, 2.24) is 5.32 Å². The van der Waals surface area contributed by atoms with Crippen LogP contribution in [0.2, 0.25) is 0 Å². The van der Waals surface area contributed by atoms with Crippen LogP contribution >= 0.6 is 0 Å². The maximum Gasteiger partial charge on any atom is 0.417 e. The highest BCUT2D eigenvalue weighted by Gasteiger charge is 2.35. The molecule has 2 amide bonds. The molecule has 0 saturated carbocycles. The Kier molecular flexibility index (Phi) is 6.27. The third-order valence-corrected chi connectivity index (χ3v) is 4.00. The van der Waals surface area contributed by atoms with Crippen molar-refractivity contribution in [3.05, 3.63) is 65.0 Å². The molecule has 2 rings (SSSR count). The molecule has 0 aliphatic rings. The van der Waals surface area contributed by atoms with Gasteiger partial charge in [0.2, 0.25) is 11.8 Å². The lowest BCUT2D eigenvalue weighted by molar-refractivity contribution is -0.137. The van der Waals surface area contributed by atoms with Crippen molar-refractivity contribution < 1.29 is 27.2 Å². The lowest BCUT2D eigenvalue weighted by Crippen LogP contribution is -2.52. The molecule has 9 heteroatoms. The van der Waals surface area contributed by atoms with Gasteiger partial charge in [0, 0.05) is 5.69 Å². The van der Waals surface area contributed by atoms with Crippen molar-refractivity contribution in [2.75, 3.05) is 5.32 Å². The molecule has 0 saturated heterocycles. The number of hydrogen-bond donors (Lipinski definition) is 2. The van der Waals surface area contributed by atoms with Gasteiger partial charge in [-0.05, 0) is 49.7 Å². The Hall–Kier alpha value is -3.41. The normalized spacial score (nSPS) is 11.5. The average Bonchev–Trinajstić information content (AvgIpc) is 2.62. The zero-order valence-electron chi connectivity index (χ0n) is 15.5. The molecule has 0 spiro atoms. The van der Waals surface area contributed by atoms with Crippen LogP contribution < -0.4 is 10.6 Å². The summed E-state index contributed by atoms with van der Waals surface area (Å²) in [6, 6.07) is 9.49. The van der Waals surface area contributed by atoms with E-state index in [1.807, 2.05) is 0 Å². The largest absolute Gasteiger partial charge is 0.417 e. The molecule has 0 aliphatic carbocycles. The predicted molar refractivity (Wildman–Crippen MR) is 97.1 cm³/mol. The summed E-state index contributed by atoms with van der Waals surface area (Å²) in [5.74, 6) is -1.72. The average molecular weight is 407 g/mol. The first kappa shape index (κ1) is 21.9. The van der Waals surface area contributed by atoms with Crippen LogP contribution in [0.15, 0.2) is 42.5 Å². The van der Waals surface area contributed by atoms with Gasteiger partial charge in [0.05, 0.1) is 23.6 Å². The number of halogens is 4. The van der Waals surface area contributed by atoms with E-state index in [1.54, 1.807) is 0 Å². The molecule has 0 unspecified atom stereocenters. The Bertz CT molecular complexity index is 961. The number of amides is 2. The lowest BCUT2D eigenvalue weighted by Gasteiger charge is -2.25. The van der Waals surface area contributed by atoms with Gasteiger partial charge in [-0.1, -0.05) is 12.1 Å². The molecule has 0 aliphatic heterocycles. The molecule has 0 bridgehead atoms. The van der Waals surface area contributed by atoms with E-state index < -0.39 is 40.5 Å². The molecule has 29 heavy (non-hydrogen) atoms. The van der Waals surface area contributed by atoms with Crippen LogP contribution in [0.5, 0.6) is 0 Å². The Labute approximate surface area is 164 Å².